The van der Waals surface area contributed by atoms with Crippen molar-refractivity contribution in [3.05, 3.63) is 48.5 Å². The maximum absolute atomic E-state index is 12.3. The van der Waals surface area contributed by atoms with E-state index in [1.165, 1.54) is 0 Å². The Bertz CT molecular complexity index is 827. The van der Waals surface area contributed by atoms with E-state index >= 15 is 0 Å². The van der Waals surface area contributed by atoms with E-state index in [1.54, 1.807) is 0 Å². The number of carbonyl (C=O) groups is 2. The monoisotopic (exact) mass is 496 g/mol. The summed E-state index contributed by atoms with van der Waals surface area (Å²) in [5.74, 6) is 1.51. The van der Waals surface area contributed by atoms with Crippen molar-refractivity contribution in [1.82, 2.24) is 0 Å². The van der Waals surface area contributed by atoms with Crippen LogP contribution < -0.4 is 20.1 Å². The summed E-state index contributed by atoms with van der Waals surface area (Å²) < 4.78 is 11.6. The van der Waals surface area contributed by atoms with Crippen molar-refractivity contribution in [3.8, 4) is 11.5 Å². The lowest BCUT2D eigenvalue weighted by Gasteiger charge is -2.12. The summed E-state index contributed by atoms with van der Waals surface area (Å²) in [7, 11) is 0. The van der Waals surface area contributed by atoms with Gasteiger partial charge in [-0.15, -0.1) is 0 Å². The molecule has 2 N–H and O–H groups in total. The number of hydrogen-bond donors (Lipinski definition) is 2. The molecule has 0 radical (unpaired) electrons. The third-order valence-corrected chi connectivity index (χ3v) is 5.89. The Labute approximate surface area is 217 Å². The molecule has 0 aromatic heterocycles. The maximum Gasteiger partial charge on any atom is 0.224 e. The predicted molar refractivity (Wildman–Crippen MR) is 148 cm³/mol. The highest BCUT2D eigenvalue weighted by molar-refractivity contribution is 5.92. The average molecular weight is 497 g/mol. The molecule has 6 heteroatoms. The molecule has 0 bridgehead atoms. The number of hydrogen-bond acceptors (Lipinski definition) is 4. The number of nitrogens with one attached hydrogen (secondary N) is 2. The van der Waals surface area contributed by atoms with Crippen LogP contribution in [-0.4, -0.2) is 25.0 Å². The van der Waals surface area contributed by atoms with Crippen molar-refractivity contribution in [2.75, 3.05) is 23.8 Å². The summed E-state index contributed by atoms with van der Waals surface area (Å²) >= 11 is 0. The quantitative estimate of drug-likeness (QED) is 0.195. The SMILES string of the molecule is CCCCOc1ccccc1NC(=O)CCCCCCCCC(=O)Nc1ccccc1OCCCC. The molecule has 0 saturated carbocycles. The Morgan fingerprint density at radius 3 is 1.39 bits per heavy atom. The molecular formula is C30H44N2O4. The van der Waals surface area contributed by atoms with E-state index in [0.29, 0.717) is 26.1 Å². The van der Waals surface area contributed by atoms with Crippen molar-refractivity contribution >= 4 is 23.2 Å². The van der Waals surface area contributed by atoms with Crippen molar-refractivity contribution in [2.45, 2.75) is 90.9 Å². The van der Waals surface area contributed by atoms with Crippen LogP contribution in [0.1, 0.15) is 90.9 Å². The van der Waals surface area contributed by atoms with Gasteiger partial charge in [-0.05, 0) is 49.9 Å². The standard InChI is InChI=1S/C30H44N2O4/c1-3-5-23-35-27-19-15-13-17-25(27)31-29(33)21-11-9-7-8-10-12-22-30(34)32-26-18-14-16-20-28(26)36-24-6-4-2/h13-20H,3-12,21-24H2,1-2H3,(H,31,33)(H,32,34). The Morgan fingerprint density at radius 1 is 0.583 bits per heavy atom. The van der Waals surface area contributed by atoms with E-state index in [0.717, 1.165) is 87.1 Å². The molecule has 2 rings (SSSR count). The average Bonchev–Trinajstić information content (AvgIpc) is 2.88. The fourth-order valence-corrected chi connectivity index (χ4v) is 3.75. The molecule has 0 heterocycles. The first kappa shape index (κ1) is 29.2. The van der Waals surface area contributed by atoms with E-state index in [-0.39, 0.29) is 11.8 Å². The van der Waals surface area contributed by atoms with Crippen LogP contribution in [0, 0.1) is 0 Å². The summed E-state index contributed by atoms with van der Waals surface area (Å²) in [6.45, 7) is 5.57. The fraction of sp³-hybridized carbons (Fsp3) is 0.533. The molecule has 0 aliphatic rings. The number of carbonyl (C=O) groups excluding carboxylic acids is 2. The van der Waals surface area contributed by atoms with E-state index in [1.807, 2.05) is 48.5 Å². The molecule has 36 heavy (non-hydrogen) atoms. The van der Waals surface area contributed by atoms with Gasteiger partial charge in [0.05, 0.1) is 24.6 Å². The highest BCUT2D eigenvalue weighted by Crippen LogP contribution is 2.25. The number of unbranched alkanes of at least 4 members (excludes halogenated alkanes) is 7. The largest absolute Gasteiger partial charge is 0.491 e. The molecule has 0 atom stereocenters. The van der Waals surface area contributed by atoms with Gasteiger partial charge >= 0.3 is 0 Å². The molecule has 2 aromatic rings. The normalized spacial score (nSPS) is 10.6. The van der Waals surface area contributed by atoms with Gasteiger partial charge in [0.25, 0.3) is 0 Å². The number of benzene rings is 2. The lowest BCUT2D eigenvalue weighted by molar-refractivity contribution is -0.117. The molecule has 6 nitrogen and oxygen atoms in total. The minimum Gasteiger partial charge on any atom is -0.491 e. The van der Waals surface area contributed by atoms with Gasteiger partial charge in [-0.25, -0.2) is 0 Å². The summed E-state index contributed by atoms with van der Waals surface area (Å²) in [5.41, 5.74) is 1.49. The Hall–Kier alpha value is -3.02. The third-order valence-electron chi connectivity index (χ3n) is 5.89. The summed E-state index contributed by atoms with van der Waals surface area (Å²) in [5, 5.41) is 5.96. The second-order valence-electron chi connectivity index (χ2n) is 9.11. The molecule has 198 valence electrons. The van der Waals surface area contributed by atoms with Gasteiger partial charge in [-0.3, -0.25) is 9.59 Å². The summed E-state index contributed by atoms with van der Waals surface area (Å²) in [6, 6.07) is 15.2. The van der Waals surface area contributed by atoms with Crippen molar-refractivity contribution in [2.24, 2.45) is 0 Å². The van der Waals surface area contributed by atoms with Crippen LogP contribution in [0.5, 0.6) is 11.5 Å². The van der Waals surface area contributed by atoms with Gasteiger partial charge in [0.15, 0.2) is 0 Å². The van der Waals surface area contributed by atoms with E-state index < -0.39 is 0 Å². The maximum atomic E-state index is 12.3. The number of para-hydroxylation sites is 4. The first-order chi connectivity index (χ1) is 17.6. The van der Waals surface area contributed by atoms with Crippen LogP contribution in [-0.2, 0) is 9.59 Å². The van der Waals surface area contributed by atoms with Crippen molar-refractivity contribution in [3.63, 3.8) is 0 Å². The van der Waals surface area contributed by atoms with Crippen LogP contribution in [0.2, 0.25) is 0 Å². The van der Waals surface area contributed by atoms with Gasteiger partial charge in [0.2, 0.25) is 11.8 Å². The van der Waals surface area contributed by atoms with Gasteiger partial charge in [-0.1, -0.05) is 76.6 Å². The second kappa shape index (κ2) is 18.3. The molecule has 2 amide bonds. The fourth-order valence-electron chi connectivity index (χ4n) is 3.75. The zero-order valence-electron chi connectivity index (χ0n) is 22.2. The highest BCUT2D eigenvalue weighted by Gasteiger charge is 2.09. The van der Waals surface area contributed by atoms with E-state index in [2.05, 4.69) is 24.5 Å². The zero-order chi connectivity index (χ0) is 25.8. The molecule has 2 aromatic carbocycles. The molecule has 0 unspecified atom stereocenters. The first-order valence-electron chi connectivity index (χ1n) is 13.7. The van der Waals surface area contributed by atoms with Crippen LogP contribution in [0.3, 0.4) is 0 Å². The molecule has 0 fully saturated rings. The van der Waals surface area contributed by atoms with Crippen LogP contribution in [0.25, 0.3) is 0 Å². The minimum atomic E-state index is 0.0252. The van der Waals surface area contributed by atoms with E-state index in [4.69, 9.17) is 9.47 Å². The summed E-state index contributed by atoms with van der Waals surface area (Å²) in [4.78, 5) is 24.7. The van der Waals surface area contributed by atoms with Crippen molar-refractivity contribution < 1.29 is 19.1 Å². The van der Waals surface area contributed by atoms with Gasteiger partial charge in [0, 0.05) is 12.8 Å². The molecule has 0 aliphatic heterocycles. The van der Waals surface area contributed by atoms with Crippen LogP contribution in [0.15, 0.2) is 48.5 Å². The molecule has 0 spiro atoms. The molecule has 0 saturated heterocycles. The Kier molecular flexibility index (Phi) is 14.8. The minimum absolute atomic E-state index is 0.0252. The number of rotatable bonds is 19. The lowest BCUT2D eigenvalue weighted by atomic mass is 10.1. The topological polar surface area (TPSA) is 76.7 Å². The number of ether oxygens (including phenoxy) is 2. The van der Waals surface area contributed by atoms with Gasteiger partial charge < -0.3 is 20.1 Å². The molecule has 0 aliphatic carbocycles. The van der Waals surface area contributed by atoms with Crippen LogP contribution in [0.4, 0.5) is 11.4 Å². The second-order valence-corrected chi connectivity index (χ2v) is 9.11. The first-order valence-corrected chi connectivity index (χ1v) is 13.7. The van der Waals surface area contributed by atoms with Gasteiger partial charge in [-0.2, -0.15) is 0 Å². The smallest absolute Gasteiger partial charge is 0.224 e. The Morgan fingerprint density at radius 2 is 0.972 bits per heavy atom. The number of amides is 2. The van der Waals surface area contributed by atoms with Crippen LogP contribution >= 0.6 is 0 Å². The lowest BCUT2D eigenvalue weighted by Crippen LogP contribution is -2.12. The predicted octanol–water partition coefficient (Wildman–Crippen LogP) is 7.74. The van der Waals surface area contributed by atoms with Gasteiger partial charge in [0.1, 0.15) is 11.5 Å². The molecular weight excluding hydrogens is 452 g/mol. The zero-order valence-corrected chi connectivity index (χ0v) is 22.2. The van der Waals surface area contributed by atoms with Crippen molar-refractivity contribution in [1.29, 1.82) is 0 Å². The summed E-state index contributed by atoms with van der Waals surface area (Å²) in [6.07, 6.45) is 11.0. The number of anilines is 2. The van der Waals surface area contributed by atoms with E-state index in [9.17, 15) is 9.59 Å². The Balaban J connectivity index is 1.55. The highest BCUT2D eigenvalue weighted by atomic mass is 16.5. The third kappa shape index (κ3) is 12.1.